The van der Waals surface area contributed by atoms with Gasteiger partial charge in [-0.25, -0.2) is 13.1 Å². The molecule has 0 atom stereocenters. The van der Waals surface area contributed by atoms with Gasteiger partial charge in [-0.2, -0.15) is 5.10 Å². The van der Waals surface area contributed by atoms with E-state index >= 15 is 0 Å². The van der Waals surface area contributed by atoms with E-state index in [-0.39, 0.29) is 9.92 Å². The number of nitrogens with zero attached hydrogens (tertiary/aromatic N) is 2. The van der Waals surface area contributed by atoms with Crippen LogP contribution in [0.5, 0.6) is 0 Å². The maximum Gasteiger partial charge on any atom is 0.263 e. The Morgan fingerprint density at radius 2 is 1.78 bits per heavy atom. The van der Waals surface area contributed by atoms with E-state index in [1.165, 1.54) is 18.2 Å². The normalized spacial score (nSPS) is 11.4. The Morgan fingerprint density at radius 3 is 2.43 bits per heavy atom. The van der Waals surface area contributed by atoms with E-state index in [1.54, 1.807) is 47.4 Å². The summed E-state index contributed by atoms with van der Waals surface area (Å²) >= 11 is 11.8. The summed E-state index contributed by atoms with van der Waals surface area (Å²) < 4.78 is 29.0. The van der Waals surface area contributed by atoms with Gasteiger partial charge in [-0.15, -0.1) is 0 Å². The topological polar surface area (TPSA) is 64.0 Å². The molecular weight excluding hydrogens is 357 g/mol. The van der Waals surface area contributed by atoms with Gasteiger partial charge in [0.15, 0.2) is 0 Å². The number of aromatic nitrogens is 2. The lowest BCUT2D eigenvalue weighted by Crippen LogP contribution is -2.13. The Bertz CT molecular complexity index is 924. The monoisotopic (exact) mass is 367 g/mol. The van der Waals surface area contributed by atoms with E-state index in [4.69, 9.17) is 23.2 Å². The minimum Gasteiger partial charge on any atom is -0.280 e. The van der Waals surface area contributed by atoms with Crippen molar-refractivity contribution in [2.75, 3.05) is 4.72 Å². The first-order chi connectivity index (χ1) is 11.0. The van der Waals surface area contributed by atoms with Gasteiger partial charge in [0.1, 0.15) is 4.90 Å². The Kier molecular flexibility index (Phi) is 4.30. The molecule has 0 amide bonds. The third-order valence-corrected chi connectivity index (χ3v) is 5.17. The zero-order valence-electron chi connectivity index (χ0n) is 11.6. The van der Waals surface area contributed by atoms with Gasteiger partial charge in [0.2, 0.25) is 0 Å². The van der Waals surface area contributed by atoms with E-state index in [1.807, 2.05) is 0 Å². The van der Waals surface area contributed by atoms with Crippen LogP contribution in [0.25, 0.3) is 5.69 Å². The van der Waals surface area contributed by atoms with Crippen LogP contribution in [0.2, 0.25) is 10.0 Å². The van der Waals surface area contributed by atoms with Crippen molar-refractivity contribution in [2.45, 2.75) is 4.90 Å². The first-order valence-corrected chi connectivity index (χ1v) is 8.77. The van der Waals surface area contributed by atoms with Crippen LogP contribution in [-0.2, 0) is 10.0 Å². The van der Waals surface area contributed by atoms with Crippen molar-refractivity contribution in [1.29, 1.82) is 0 Å². The SMILES string of the molecule is O=S(=O)(Nc1ccc(-n2cccn2)cc1)c1cc(Cl)ccc1Cl. The van der Waals surface area contributed by atoms with Gasteiger partial charge < -0.3 is 0 Å². The molecule has 0 fully saturated rings. The summed E-state index contributed by atoms with van der Waals surface area (Å²) in [6, 6.07) is 12.9. The van der Waals surface area contributed by atoms with Gasteiger partial charge in [0.25, 0.3) is 10.0 Å². The Hall–Kier alpha value is -2.02. The number of sulfonamides is 1. The number of nitrogens with one attached hydrogen (secondary N) is 1. The molecule has 3 rings (SSSR count). The maximum absolute atomic E-state index is 12.4. The van der Waals surface area contributed by atoms with E-state index in [9.17, 15) is 8.42 Å². The second-order valence-corrected chi connectivity index (χ2v) is 7.17. The molecule has 0 bridgehead atoms. The molecule has 118 valence electrons. The van der Waals surface area contributed by atoms with Gasteiger partial charge in [0, 0.05) is 23.1 Å². The smallest absolute Gasteiger partial charge is 0.263 e. The van der Waals surface area contributed by atoms with Crippen LogP contribution in [0.3, 0.4) is 0 Å². The maximum atomic E-state index is 12.4. The molecule has 0 saturated heterocycles. The fraction of sp³-hybridized carbons (Fsp3) is 0. The highest BCUT2D eigenvalue weighted by atomic mass is 35.5. The van der Waals surface area contributed by atoms with Crippen molar-refractivity contribution >= 4 is 38.9 Å². The van der Waals surface area contributed by atoms with Crippen molar-refractivity contribution in [1.82, 2.24) is 9.78 Å². The van der Waals surface area contributed by atoms with E-state index in [0.29, 0.717) is 10.7 Å². The van der Waals surface area contributed by atoms with Crippen LogP contribution in [0.1, 0.15) is 0 Å². The largest absolute Gasteiger partial charge is 0.280 e. The Balaban J connectivity index is 1.87. The van der Waals surface area contributed by atoms with E-state index < -0.39 is 10.0 Å². The molecule has 2 aromatic carbocycles. The van der Waals surface area contributed by atoms with Gasteiger partial charge in [-0.1, -0.05) is 23.2 Å². The predicted molar refractivity (Wildman–Crippen MR) is 90.8 cm³/mol. The number of benzene rings is 2. The fourth-order valence-electron chi connectivity index (χ4n) is 2.00. The third kappa shape index (κ3) is 3.50. The summed E-state index contributed by atoms with van der Waals surface area (Å²) in [6.45, 7) is 0. The van der Waals surface area contributed by atoms with Crippen molar-refractivity contribution in [3.8, 4) is 5.69 Å². The molecule has 0 aliphatic rings. The molecule has 0 aliphatic heterocycles. The molecule has 1 N–H and O–H groups in total. The molecule has 1 heterocycles. The van der Waals surface area contributed by atoms with E-state index in [2.05, 4.69) is 9.82 Å². The predicted octanol–water partition coefficient (Wildman–Crippen LogP) is 3.98. The summed E-state index contributed by atoms with van der Waals surface area (Å²) in [5.74, 6) is 0. The number of hydrogen-bond acceptors (Lipinski definition) is 3. The first kappa shape index (κ1) is 15.9. The first-order valence-electron chi connectivity index (χ1n) is 6.54. The number of rotatable bonds is 4. The van der Waals surface area contributed by atoms with Crippen LogP contribution in [0.4, 0.5) is 5.69 Å². The van der Waals surface area contributed by atoms with Gasteiger partial charge in [-0.05, 0) is 48.5 Å². The lowest BCUT2D eigenvalue weighted by molar-refractivity contribution is 0.601. The minimum atomic E-state index is -3.82. The molecule has 0 radical (unpaired) electrons. The fourth-order valence-corrected chi connectivity index (χ4v) is 3.82. The zero-order valence-corrected chi connectivity index (χ0v) is 14.0. The van der Waals surface area contributed by atoms with Crippen molar-refractivity contribution < 1.29 is 8.42 Å². The lowest BCUT2D eigenvalue weighted by Gasteiger charge is -2.10. The molecule has 0 aliphatic carbocycles. The lowest BCUT2D eigenvalue weighted by atomic mass is 10.3. The number of halogens is 2. The zero-order chi connectivity index (χ0) is 16.4. The van der Waals surface area contributed by atoms with Crippen molar-refractivity contribution in [3.05, 3.63) is 71.0 Å². The average Bonchev–Trinajstić information content (AvgIpc) is 3.04. The summed E-state index contributed by atoms with van der Waals surface area (Å²) in [5.41, 5.74) is 1.23. The summed E-state index contributed by atoms with van der Waals surface area (Å²) in [7, 11) is -3.82. The molecule has 3 aromatic rings. The second-order valence-electron chi connectivity index (χ2n) is 4.68. The minimum absolute atomic E-state index is 0.0668. The molecule has 5 nitrogen and oxygen atoms in total. The molecule has 8 heteroatoms. The van der Waals surface area contributed by atoms with Crippen LogP contribution in [0, 0.1) is 0 Å². The summed E-state index contributed by atoms with van der Waals surface area (Å²) in [6.07, 6.45) is 3.46. The average molecular weight is 368 g/mol. The third-order valence-electron chi connectivity index (χ3n) is 3.07. The van der Waals surface area contributed by atoms with Gasteiger partial charge >= 0.3 is 0 Å². The van der Waals surface area contributed by atoms with Gasteiger partial charge in [-0.3, -0.25) is 4.72 Å². The highest BCUT2D eigenvalue weighted by Gasteiger charge is 2.18. The van der Waals surface area contributed by atoms with Crippen LogP contribution in [0.15, 0.2) is 65.8 Å². The summed E-state index contributed by atoms with van der Waals surface area (Å²) in [5, 5.41) is 4.51. The highest BCUT2D eigenvalue weighted by molar-refractivity contribution is 7.92. The Labute approximate surface area is 143 Å². The summed E-state index contributed by atoms with van der Waals surface area (Å²) in [4.78, 5) is -0.0668. The van der Waals surface area contributed by atoms with Crippen molar-refractivity contribution in [2.24, 2.45) is 0 Å². The molecule has 0 unspecified atom stereocenters. The Morgan fingerprint density at radius 1 is 1.04 bits per heavy atom. The van der Waals surface area contributed by atoms with E-state index in [0.717, 1.165) is 5.69 Å². The number of hydrogen-bond donors (Lipinski definition) is 1. The molecule has 0 spiro atoms. The van der Waals surface area contributed by atoms with Gasteiger partial charge in [0.05, 0.1) is 10.7 Å². The number of anilines is 1. The quantitative estimate of drug-likeness (QED) is 0.758. The van der Waals surface area contributed by atoms with Crippen LogP contribution >= 0.6 is 23.2 Å². The molecule has 1 aromatic heterocycles. The molecule has 0 saturated carbocycles. The van der Waals surface area contributed by atoms with Crippen LogP contribution in [-0.4, -0.2) is 18.2 Å². The van der Waals surface area contributed by atoms with Crippen molar-refractivity contribution in [3.63, 3.8) is 0 Å². The molecule has 23 heavy (non-hydrogen) atoms. The van der Waals surface area contributed by atoms with Crippen LogP contribution < -0.4 is 4.72 Å². The highest BCUT2D eigenvalue weighted by Crippen LogP contribution is 2.27. The standard InChI is InChI=1S/C15H11Cl2N3O2S/c16-11-2-7-14(17)15(10-11)23(21,22)19-12-3-5-13(6-4-12)20-9-1-8-18-20/h1-10,19H. The molecular formula is C15H11Cl2N3O2S. The second kappa shape index (κ2) is 6.23.